The van der Waals surface area contributed by atoms with Gasteiger partial charge in [-0.3, -0.25) is 4.79 Å². The molecule has 1 atom stereocenters. The summed E-state index contributed by atoms with van der Waals surface area (Å²) >= 11 is 0. The second-order valence-corrected chi connectivity index (χ2v) is 4.58. The lowest BCUT2D eigenvalue weighted by molar-refractivity contribution is -0.117. The normalized spacial score (nSPS) is 11.8. The van der Waals surface area contributed by atoms with Crippen molar-refractivity contribution in [3.8, 4) is 5.75 Å². The van der Waals surface area contributed by atoms with Crippen LogP contribution in [0.25, 0.3) is 0 Å². The van der Waals surface area contributed by atoms with Gasteiger partial charge in [-0.1, -0.05) is 36.4 Å². The fraction of sp³-hybridized carbons (Fsp3) is 0.188. The van der Waals surface area contributed by atoms with Crippen LogP contribution in [0.1, 0.15) is 17.2 Å². The first-order valence-corrected chi connectivity index (χ1v) is 6.38. The van der Waals surface area contributed by atoms with Crippen molar-refractivity contribution in [3.63, 3.8) is 0 Å². The van der Waals surface area contributed by atoms with Gasteiger partial charge in [-0.25, -0.2) is 0 Å². The Labute approximate surface area is 118 Å². The first kappa shape index (κ1) is 14.1. The van der Waals surface area contributed by atoms with E-state index in [2.05, 4.69) is 5.32 Å². The van der Waals surface area contributed by atoms with E-state index in [-0.39, 0.29) is 5.91 Å². The van der Waals surface area contributed by atoms with Gasteiger partial charge >= 0.3 is 0 Å². The molecule has 4 heteroatoms. The van der Waals surface area contributed by atoms with Crippen LogP contribution in [-0.4, -0.2) is 13.0 Å². The van der Waals surface area contributed by atoms with Crippen LogP contribution in [0.5, 0.6) is 5.75 Å². The maximum atomic E-state index is 12.2. The number of aryl methyl sites for hydroxylation is 1. The summed E-state index contributed by atoms with van der Waals surface area (Å²) in [6.45, 7) is 1.95. The van der Waals surface area contributed by atoms with Crippen molar-refractivity contribution in [1.29, 1.82) is 0 Å². The second-order valence-electron chi connectivity index (χ2n) is 4.58. The van der Waals surface area contributed by atoms with Gasteiger partial charge in [0.25, 0.3) is 0 Å². The van der Waals surface area contributed by atoms with Crippen LogP contribution < -0.4 is 15.8 Å². The molecule has 0 saturated heterocycles. The van der Waals surface area contributed by atoms with Crippen LogP contribution in [0.15, 0.2) is 48.5 Å². The molecule has 20 heavy (non-hydrogen) atoms. The van der Waals surface area contributed by atoms with Crippen molar-refractivity contribution in [2.24, 2.45) is 5.73 Å². The van der Waals surface area contributed by atoms with Gasteiger partial charge in [-0.05, 0) is 30.2 Å². The highest BCUT2D eigenvalue weighted by molar-refractivity contribution is 5.96. The number of nitrogens with two attached hydrogens (primary N) is 1. The zero-order valence-electron chi connectivity index (χ0n) is 11.6. The molecule has 2 rings (SSSR count). The van der Waals surface area contributed by atoms with Crippen molar-refractivity contribution in [1.82, 2.24) is 0 Å². The maximum Gasteiger partial charge on any atom is 0.245 e. The molecule has 0 aliphatic carbocycles. The zero-order chi connectivity index (χ0) is 14.5. The average Bonchev–Trinajstić information content (AvgIpc) is 2.47. The highest BCUT2D eigenvalue weighted by Gasteiger charge is 2.17. The Balaban J connectivity index is 2.18. The first-order chi connectivity index (χ1) is 9.61. The Morgan fingerprint density at radius 1 is 1.20 bits per heavy atom. The Morgan fingerprint density at radius 3 is 2.55 bits per heavy atom. The van der Waals surface area contributed by atoms with Gasteiger partial charge in [0.05, 0.1) is 12.8 Å². The van der Waals surface area contributed by atoms with Crippen LogP contribution in [0.4, 0.5) is 5.69 Å². The van der Waals surface area contributed by atoms with E-state index in [0.717, 1.165) is 11.1 Å². The van der Waals surface area contributed by atoms with E-state index in [0.29, 0.717) is 11.4 Å². The second kappa shape index (κ2) is 6.21. The number of ether oxygens (including phenoxy) is 1. The number of carbonyl (C=O) groups excluding carboxylic acids is 1. The largest absolute Gasteiger partial charge is 0.495 e. The Bertz CT molecular complexity index is 597. The van der Waals surface area contributed by atoms with E-state index in [9.17, 15) is 4.79 Å². The lowest BCUT2D eigenvalue weighted by Gasteiger charge is -2.15. The van der Waals surface area contributed by atoms with Gasteiger partial charge in [0.1, 0.15) is 11.8 Å². The van der Waals surface area contributed by atoms with Crippen LogP contribution in [0, 0.1) is 6.92 Å². The van der Waals surface area contributed by atoms with E-state index in [1.165, 1.54) is 0 Å². The number of benzene rings is 2. The number of methoxy groups -OCH3 is 1. The predicted molar refractivity (Wildman–Crippen MR) is 79.7 cm³/mol. The van der Waals surface area contributed by atoms with E-state index in [1.54, 1.807) is 7.11 Å². The lowest BCUT2D eigenvalue weighted by Crippen LogP contribution is -2.27. The molecule has 0 heterocycles. The van der Waals surface area contributed by atoms with Gasteiger partial charge < -0.3 is 15.8 Å². The molecule has 0 fully saturated rings. The van der Waals surface area contributed by atoms with Crippen LogP contribution in [0.3, 0.4) is 0 Å². The van der Waals surface area contributed by atoms with Gasteiger partial charge in [0.2, 0.25) is 5.91 Å². The highest BCUT2D eigenvalue weighted by atomic mass is 16.5. The third-order valence-corrected chi connectivity index (χ3v) is 3.05. The molecule has 4 nitrogen and oxygen atoms in total. The summed E-state index contributed by atoms with van der Waals surface area (Å²) in [7, 11) is 1.57. The molecule has 104 valence electrons. The quantitative estimate of drug-likeness (QED) is 0.897. The summed E-state index contributed by atoms with van der Waals surface area (Å²) in [4.78, 5) is 12.2. The van der Waals surface area contributed by atoms with E-state index >= 15 is 0 Å². The number of amides is 1. The number of carbonyl (C=O) groups is 1. The minimum absolute atomic E-state index is 0.264. The van der Waals surface area contributed by atoms with Gasteiger partial charge in [0.15, 0.2) is 0 Å². The summed E-state index contributed by atoms with van der Waals surface area (Å²) in [5.74, 6) is 0.351. The molecule has 0 radical (unpaired) electrons. The van der Waals surface area contributed by atoms with Gasteiger partial charge in [-0.15, -0.1) is 0 Å². The van der Waals surface area contributed by atoms with Crippen molar-refractivity contribution < 1.29 is 9.53 Å². The summed E-state index contributed by atoms with van der Waals surface area (Å²) in [6, 6.07) is 14.2. The SMILES string of the molecule is COc1ccc(C)cc1NC(=O)C(N)c1ccccc1. The minimum Gasteiger partial charge on any atom is -0.495 e. The highest BCUT2D eigenvalue weighted by Crippen LogP contribution is 2.26. The summed E-state index contributed by atoms with van der Waals surface area (Å²) in [5, 5.41) is 2.81. The van der Waals surface area contributed by atoms with Crippen LogP contribution >= 0.6 is 0 Å². The molecule has 0 saturated carbocycles. The molecule has 0 spiro atoms. The number of anilines is 1. The zero-order valence-corrected chi connectivity index (χ0v) is 11.6. The lowest BCUT2D eigenvalue weighted by atomic mass is 10.1. The molecular weight excluding hydrogens is 252 g/mol. The molecule has 0 aromatic heterocycles. The van der Waals surface area contributed by atoms with Crippen molar-refractivity contribution in [3.05, 3.63) is 59.7 Å². The smallest absolute Gasteiger partial charge is 0.245 e. The summed E-state index contributed by atoms with van der Waals surface area (Å²) in [6.07, 6.45) is 0. The third-order valence-electron chi connectivity index (χ3n) is 3.05. The van der Waals surface area contributed by atoms with Crippen LogP contribution in [-0.2, 0) is 4.79 Å². The molecule has 1 amide bonds. The van der Waals surface area contributed by atoms with E-state index < -0.39 is 6.04 Å². The van der Waals surface area contributed by atoms with E-state index in [4.69, 9.17) is 10.5 Å². The topological polar surface area (TPSA) is 64.3 Å². The van der Waals surface area contributed by atoms with Gasteiger partial charge in [-0.2, -0.15) is 0 Å². The molecule has 2 aromatic rings. The maximum absolute atomic E-state index is 12.2. The molecular formula is C16H18N2O2. The molecule has 3 N–H and O–H groups in total. The monoisotopic (exact) mass is 270 g/mol. The molecule has 0 bridgehead atoms. The molecule has 2 aromatic carbocycles. The Morgan fingerprint density at radius 2 is 1.90 bits per heavy atom. The first-order valence-electron chi connectivity index (χ1n) is 6.38. The van der Waals surface area contributed by atoms with E-state index in [1.807, 2.05) is 55.5 Å². The summed E-state index contributed by atoms with van der Waals surface area (Å²) < 4.78 is 5.23. The standard InChI is InChI=1S/C16H18N2O2/c1-11-8-9-14(20-2)13(10-11)18-16(19)15(17)12-6-4-3-5-7-12/h3-10,15H,17H2,1-2H3,(H,18,19). The third kappa shape index (κ3) is 3.16. The molecule has 1 unspecified atom stereocenters. The fourth-order valence-corrected chi connectivity index (χ4v) is 1.94. The van der Waals surface area contributed by atoms with Crippen molar-refractivity contribution in [2.75, 3.05) is 12.4 Å². The molecule has 0 aliphatic heterocycles. The van der Waals surface area contributed by atoms with Crippen molar-refractivity contribution >= 4 is 11.6 Å². The van der Waals surface area contributed by atoms with Crippen LogP contribution in [0.2, 0.25) is 0 Å². The number of hydrogen-bond donors (Lipinski definition) is 2. The molecule has 0 aliphatic rings. The minimum atomic E-state index is -0.707. The Hall–Kier alpha value is -2.33. The number of nitrogens with one attached hydrogen (secondary N) is 1. The fourth-order valence-electron chi connectivity index (χ4n) is 1.94. The summed E-state index contributed by atoms with van der Waals surface area (Å²) in [5.41, 5.74) is 8.40. The number of hydrogen-bond acceptors (Lipinski definition) is 3. The average molecular weight is 270 g/mol. The van der Waals surface area contributed by atoms with Crippen molar-refractivity contribution in [2.45, 2.75) is 13.0 Å². The predicted octanol–water partition coefficient (Wildman–Crippen LogP) is 2.64. The van der Waals surface area contributed by atoms with Gasteiger partial charge in [0, 0.05) is 0 Å². The Kier molecular flexibility index (Phi) is 4.38. The number of rotatable bonds is 4.